The van der Waals surface area contributed by atoms with Crippen LogP contribution in [0.4, 0.5) is 13.2 Å². The fourth-order valence-electron chi connectivity index (χ4n) is 2.48. The lowest BCUT2D eigenvalue weighted by Crippen LogP contribution is -2.44. The van der Waals surface area contributed by atoms with Gasteiger partial charge in [-0.15, -0.1) is 0 Å². The maximum Gasteiger partial charge on any atom is 0.393 e. The number of aryl methyl sites for hydroxylation is 1. The molecule has 1 atom stereocenters. The number of nitrogens with one attached hydrogen (secondary N) is 1. The quantitative estimate of drug-likeness (QED) is 0.873. The summed E-state index contributed by atoms with van der Waals surface area (Å²) in [5.41, 5.74) is 0.120. The number of hydrogen-bond acceptors (Lipinski definition) is 4. The highest BCUT2D eigenvalue weighted by atomic mass is 32.2. The molecular weight excluding hydrogens is 311 g/mol. The first kappa shape index (κ1) is 16.2. The Balaban J connectivity index is 2.33. The van der Waals surface area contributed by atoms with Crippen molar-refractivity contribution < 1.29 is 26.7 Å². The Morgan fingerprint density at radius 3 is 2.71 bits per heavy atom. The topological polar surface area (TPSA) is 86.3 Å². The van der Waals surface area contributed by atoms with Gasteiger partial charge in [-0.2, -0.15) is 22.6 Å². The second kappa shape index (κ2) is 5.58. The average Bonchev–Trinajstić information content (AvgIpc) is 2.79. The van der Waals surface area contributed by atoms with E-state index in [0.29, 0.717) is 0 Å². The normalized spacial score (nSPS) is 21.7. The summed E-state index contributed by atoms with van der Waals surface area (Å²) in [6, 6.07) is 0. The smallest absolute Gasteiger partial charge is 0.390 e. The highest BCUT2D eigenvalue weighted by Gasteiger charge is 2.45. The van der Waals surface area contributed by atoms with Crippen molar-refractivity contribution in [3.05, 3.63) is 11.4 Å². The lowest BCUT2D eigenvalue weighted by Gasteiger charge is -2.32. The highest BCUT2D eigenvalue weighted by Crippen LogP contribution is 2.35. The summed E-state index contributed by atoms with van der Waals surface area (Å²) >= 11 is 0. The van der Waals surface area contributed by atoms with E-state index in [1.54, 1.807) is 0 Å². The van der Waals surface area contributed by atoms with Crippen LogP contribution in [-0.2, 0) is 16.6 Å². The van der Waals surface area contributed by atoms with Crippen LogP contribution in [0.25, 0.3) is 0 Å². The number of hydrogen-bond donors (Lipinski definition) is 2. The summed E-state index contributed by atoms with van der Waals surface area (Å²) in [7, 11) is -4.11. The van der Waals surface area contributed by atoms with E-state index in [0.717, 1.165) is 4.31 Å². The van der Waals surface area contributed by atoms with Crippen LogP contribution < -0.4 is 0 Å². The molecule has 0 aromatic carbocycles. The Bertz CT molecular complexity index is 612. The number of piperidine rings is 1. The summed E-state index contributed by atoms with van der Waals surface area (Å²) in [4.78, 5) is -0.229. The molecule has 2 rings (SSSR count). The largest absolute Gasteiger partial charge is 0.393 e. The fourth-order valence-corrected chi connectivity index (χ4v) is 4.32. The molecule has 1 saturated heterocycles. The van der Waals surface area contributed by atoms with Gasteiger partial charge in [0.1, 0.15) is 10.6 Å². The van der Waals surface area contributed by atoms with Gasteiger partial charge in [-0.3, -0.25) is 5.10 Å². The van der Waals surface area contributed by atoms with Gasteiger partial charge in [-0.05, 0) is 19.8 Å². The maximum atomic E-state index is 12.8. The number of H-pyrrole nitrogens is 1. The first-order valence-electron chi connectivity index (χ1n) is 6.39. The third-order valence-electron chi connectivity index (χ3n) is 3.56. The van der Waals surface area contributed by atoms with Crippen molar-refractivity contribution in [3.8, 4) is 0 Å². The molecule has 6 nitrogen and oxygen atoms in total. The molecule has 2 N–H and O–H groups in total. The highest BCUT2D eigenvalue weighted by molar-refractivity contribution is 7.89. The summed E-state index contributed by atoms with van der Waals surface area (Å²) in [6.45, 7) is 0.283. The van der Waals surface area contributed by atoms with Gasteiger partial charge in [0, 0.05) is 13.1 Å². The minimum absolute atomic E-state index is 0.0321. The van der Waals surface area contributed by atoms with Gasteiger partial charge in [0.05, 0.1) is 18.2 Å². The molecule has 0 bridgehead atoms. The van der Waals surface area contributed by atoms with E-state index in [4.69, 9.17) is 5.11 Å². The van der Waals surface area contributed by atoms with Crippen LogP contribution in [0.15, 0.2) is 4.90 Å². The lowest BCUT2D eigenvalue weighted by molar-refractivity contribution is -0.182. The molecular formula is C11H16F3N3O3S. The summed E-state index contributed by atoms with van der Waals surface area (Å²) in [5, 5.41) is 15.2. The molecule has 2 heterocycles. The number of aliphatic hydroxyl groups is 1. The molecule has 0 amide bonds. The minimum Gasteiger partial charge on any atom is -0.390 e. The standard InChI is InChI=1S/C11H16F3N3O3S/c1-7-10(9(6-18)16-15-7)21(19,20)17-4-2-3-8(5-17)11(12,13)14/h8,18H,2-6H2,1H3,(H,15,16). The number of halogens is 3. The van der Waals surface area contributed by atoms with Gasteiger partial charge in [0.15, 0.2) is 0 Å². The van der Waals surface area contributed by atoms with E-state index >= 15 is 0 Å². The van der Waals surface area contributed by atoms with Crippen molar-refractivity contribution in [2.75, 3.05) is 13.1 Å². The summed E-state index contributed by atoms with van der Waals surface area (Å²) < 4.78 is 64.2. The van der Waals surface area contributed by atoms with E-state index in [9.17, 15) is 21.6 Å². The predicted octanol–water partition coefficient (Wildman–Crippen LogP) is 1.17. The van der Waals surface area contributed by atoms with E-state index in [1.165, 1.54) is 6.92 Å². The average molecular weight is 327 g/mol. The van der Waals surface area contributed by atoms with E-state index in [2.05, 4.69) is 10.2 Å². The molecule has 0 spiro atoms. The second-order valence-electron chi connectivity index (χ2n) is 5.03. The van der Waals surface area contributed by atoms with Gasteiger partial charge < -0.3 is 5.11 Å². The predicted molar refractivity (Wildman–Crippen MR) is 66.8 cm³/mol. The fraction of sp³-hybridized carbons (Fsp3) is 0.727. The molecule has 10 heteroatoms. The van der Waals surface area contributed by atoms with Crippen LogP contribution in [0.3, 0.4) is 0 Å². The third-order valence-corrected chi connectivity index (χ3v) is 5.63. The number of rotatable bonds is 3. The zero-order valence-electron chi connectivity index (χ0n) is 11.3. The third kappa shape index (κ3) is 3.06. The molecule has 1 aliphatic heterocycles. The molecule has 1 unspecified atom stereocenters. The molecule has 21 heavy (non-hydrogen) atoms. The number of aromatic amines is 1. The first-order chi connectivity index (χ1) is 9.67. The first-order valence-corrected chi connectivity index (χ1v) is 7.83. The number of sulfonamides is 1. The number of alkyl halides is 3. The van der Waals surface area contributed by atoms with Gasteiger partial charge in [-0.1, -0.05) is 0 Å². The van der Waals surface area contributed by atoms with Crippen molar-refractivity contribution in [3.63, 3.8) is 0 Å². The number of nitrogens with zero attached hydrogens (tertiary/aromatic N) is 2. The Labute approximate surface area is 120 Å². The van der Waals surface area contributed by atoms with Crippen LogP contribution in [0.1, 0.15) is 24.2 Å². The van der Waals surface area contributed by atoms with E-state index in [1.807, 2.05) is 0 Å². The van der Waals surface area contributed by atoms with Crippen molar-refractivity contribution >= 4 is 10.0 Å². The van der Waals surface area contributed by atoms with Crippen LogP contribution in [0.5, 0.6) is 0 Å². The molecule has 0 radical (unpaired) electrons. The second-order valence-corrected chi connectivity index (χ2v) is 6.90. The zero-order chi connectivity index (χ0) is 15.8. The molecule has 1 aromatic rings. The van der Waals surface area contributed by atoms with E-state index in [-0.39, 0.29) is 35.7 Å². The Morgan fingerprint density at radius 1 is 1.48 bits per heavy atom. The molecule has 120 valence electrons. The van der Waals surface area contributed by atoms with Crippen molar-refractivity contribution in [1.82, 2.24) is 14.5 Å². The molecule has 1 fully saturated rings. The number of aliphatic hydroxyl groups excluding tert-OH is 1. The Morgan fingerprint density at radius 2 is 2.14 bits per heavy atom. The summed E-state index contributed by atoms with van der Waals surface area (Å²) in [5.74, 6) is -1.66. The van der Waals surface area contributed by atoms with Crippen LogP contribution in [0, 0.1) is 12.8 Å². The summed E-state index contributed by atoms with van der Waals surface area (Å²) in [6.07, 6.45) is -4.35. The van der Waals surface area contributed by atoms with Crippen molar-refractivity contribution in [1.29, 1.82) is 0 Å². The van der Waals surface area contributed by atoms with Gasteiger partial charge in [0.2, 0.25) is 10.0 Å². The molecule has 0 saturated carbocycles. The van der Waals surface area contributed by atoms with Crippen LogP contribution in [0.2, 0.25) is 0 Å². The van der Waals surface area contributed by atoms with Gasteiger partial charge in [0.25, 0.3) is 0 Å². The van der Waals surface area contributed by atoms with Crippen LogP contribution >= 0.6 is 0 Å². The Hall–Kier alpha value is -1.13. The SMILES string of the molecule is Cc1[nH]nc(CO)c1S(=O)(=O)N1CCCC(C(F)(F)F)C1. The molecule has 1 aliphatic rings. The monoisotopic (exact) mass is 327 g/mol. The van der Waals surface area contributed by atoms with Crippen LogP contribution in [-0.4, -0.2) is 47.3 Å². The Kier molecular flexibility index (Phi) is 4.31. The lowest BCUT2D eigenvalue weighted by atomic mass is 9.99. The maximum absolute atomic E-state index is 12.8. The number of aromatic nitrogens is 2. The molecule has 1 aromatic heterocycles. The van der Waals surface area contributed by atoms with E-state index < -0.39 is 35.3 Å². The van der Waals surface area contributed by atoms with Crippen molar-refractivity contribution in [2.45, 2.75) is 37.4 Å². The van der Waals surface area contributed by atoms with Gasteiger partial charge in [-0.25, -0.2) is 8.42 Å². The molecule has 0 aliphatic carbocycles. The van der Waals surface area contributed by atoms with Gasteiger partial charge >= 0.3 is 6.18 Å². The minimum atomic E-state index is -4.42. The van der Waals surface area contributed by atoms with Crippen molar-refractivity contribution in [2.24, 2.45) is 5.92 Å². The zero-order valence-corrected chi connectivity index (χ0v) is 12.1.